The van der Waals surface area contributed by atoms with Crippen LogP contribution in [0.1, 0.15) is 18.9 Å². The number of nitrogens with zero attached hydrogens (tertiary/aromatic N) is 2. The number of carbonyl (C=O) groups is 2. The van der Waals surface area contributed by atoms with Crippen molar-refractivity contribution in [2.45, 2.75) is 19.9 Å². The Morgan fingerprint density at radius 2 is 1.75 bits per heavy atom. The topological polar surface area (TPSA) is 62.3 Å². The quantitative estimate of drug-likeness (QED) is 0.847. The molecular weight excluding hydrogens is 349 g/mol. The third kappa shape index (κ3) is 5.83. The molecule has 0 saturated carbocycles. The van der Waals surface area contributed by atoms with Gasteiger partial charge < -0.3 is 10.2 Å². The van der Waals surface area contributed by atoms with Gasteiger partial charge in [-0.3, -0.25) is 14.6 Å². The van der Waals surface area contributed by atoms with Gasteiger partial charge in [0.25, 0.3) is 0 Å². The third-order valence-electron chi connectivity index (χ3n) is 3.32. The first-order chi connectivity index (χ1) is 11.4. The summed E-state index contributed by atoms with van der Waals surface area (Å²) in [6, 6.07) is 8.50. The van der Waals surface area contributed by atoms with Crippen molar-refractivity contribution < 1.29 is 9.59 Å². The van der Waals surface area contributed by atoms with Gasteiger partial charge in [0.2, 0.25) is 11.8 Å². The molecule has 0 unspecified atom stereocenters. The number of carbonyl (C=O) groups excluding carboxylic acids is 2. The Balaban J connectivity index is 1.91. The molecule has 7 heteroatoms. The van der Waals surface area contributed by atoms with Crippen LogP contribution < -0.4 is 5.32 Å². The average molecular weight is 366 g/mol. The minimum Gasteiger partial charge on any atom is -0.338 e. The molecule has 0 aliphatic heterocycles. The summed E-state index contributed by atoms with van der Waals surface area (Å²) in [4.78, 5) is 29.4. The fraction of sp³-hybridized carbons (Fsp3) is 0.235. The van der Waals surface area contributed by atoms with E-state index in [-0.39, 0.29) is 18.2 Å². The van der Waals surface area contributed by atoms with Gasteiger partial charge in [-0.05, 0) is 35.9 Å². The van der Waals surface area contributed by atoms with E-state index in [0.717, 1.165) is 5.56 Å². The zero-order valence-corrected chi connectivity index (χ0v) is 14.6. The van der Waals surface area contributed by atoms with E-state index in [0.29, 0.717) is 28.8 Å². The van der Waals surface area contributed by atoms with Crippen molar-refractivity contribution in [1.82, 2.24) is 9.88 Å². The van der Waals surface area contributed by atoms with Crippen molar-refractivity contribution in [3.63, 3.8) is 0 Å². The number of benzene rings is 1. The first kappa shape index (κ1) is 18.2. The molecule has 0 aliphatic carbocycles. The van der Waals surface area contributed by atoms with Crippen LogP contribution in [0.4, 0.5) is 5.69 Å². The lowest BCUT2D eigenvalue weighted by Crippen LogP contribution is -2.31. The minimum atomic E-state index is -0.214. The summed E-state index contributed by atoms with van der Waals surface area (Å²) >= 11 is 11.8. The summed E-state index contributed by atoms with van der Waals surface area (Å²) in [6.07, 6.45) is 3.52. The highest BCUT2D eigenvalue weighted by atomic mass is 35.5. The minimum absolute atomic E-state index is 0.0922. The highest BCUT2D eigenvalue weighted by molar-refractivity contribution is 6.35. The first-order valence-corrected chi connectivity index (χ1v) is 8.10. The van der Waals surface area contributed by atoms with Crippen LogP contribution in [0, 0.1) is 0 Å². The van der Waals surface area contributed by atoms with Gasteiger partial charge in [0.15, 0.2) is 0 Å². The number of amides is 2. The highest BCUT2D eigenvalue weighted by Gasteiger charge is 2.12. The number of pyridine rings is 1. The molecule has 1 heterocycles. The van der Waals surface area contributed by atoms with Crippen molar-refractivity contribution in [2.75, 3.05) is 11.9 Å². The van der Waals surface area contributed by atoms with Gasteiger partial charge in [0, 0.05) is 54.6 Å². The van der Waals surface area contributed by atoms with Crippen molar-refractivity contribution in [1.29, 1.82) is 0 Å². The molecule has 2 aromatic rings. The Kier molecular flexibility index (Phi) is 6.58. The number of hydrogen-bond donors (Lipinski definition) is 1. The van der Waals surface area contributed by atoms with Gasteiger partial charge in [-0.25, -0.2) is 0 Å². The molecule has 0 saturated heterocycles. The summed E-state index contributed by atoms with van der Waals surface area (Å²) in [7, 11) is 0. The van der Waals surface area contributed by atoms with E-state index in [4.69, 9.17) is 23.2 Å². The summed E-state index contributed by atoms with van der Waals surface area (Å²) in [5.74, 6) is -0.306. The lowest BCUT2D eigenvalue weighted by atomic mass is 10.2. The fourth-order valence-corrected chi connectivity index (χ4v) is 2.67. The summed E-state index contributed by atoms with van der Waals surface area (Å²) in [5, 5.41) is 3.62. The molecule has 0 fully saturated rings. The second-order valence-corrected chi connectivity index (χ2v) is 6.13. The molecule has 0 spiro atoms. The van der Waals surface area contributed by atoms with Crippen LogP contribution in [0.25, 0.3) is 0 Å². The van der Waals surface area contributed by atoms with Crippen LogP contribution in [0.3, 0.4) is 0 Å². The maximum absolute atomic E-state index is 12.1. The standard InChI is InChI=1S/C17H17Cl2N3O2/c1-12(23)22(11-13-2-5-20-6-3-13)7-4-17(24)21-16-9-14(18)8-15(19)10-16/h2-3,5-6,8-10H,4,7,11H2,1H3,(H,21,24). The Bertz CT molecular complexity index is 703. The molecule has 0 radical (unpaired) electrons. The molecule has 2 amide bonds. The lowest BCUT2D eigenvalue weighted by Gasteiger charge is -2.21. The van der Waals surface area contributed by atoms with E-state index in [2.05, 4.69) is 10.3 Å². The molecule has 24 heavy (non-hydrogen) atoms. The molecule has 0 aliphatic rings. The van der Waals surface area contributed by atoms with Crippen molar-refractivity contribution in [2.24, 2.45) is 0 Å². The Hall–Kier alpha value is -2.11. The predicted octanol–water partition coefficient (Wildman–Crippen LogP) is 3.77. The molecule has 0 bridgehead atoms. The Labute approximate surface area is 150 Å². The molecule has 1 aromatic carbocycles. The second-order valence-electron chi connectivity index (χ2n) is 5.25. The molecule has 0 atom stereocenters. The lowest BCUT2D eigenvalue weighted by molar-refractivity contribution is -0.129. The van der Waals surface area contributed by atoms with E-state index in [1.807, 2.05) is 12.1 Å². The predicted molar refractivity (Wildman–Crippen MR) is 95.0 cm³/mol. The molecular formula is C17H17Cl2N3O2. The summed E-state index contributed by atoms with van der Waals surface area (Å²) < 4.78 is 0. The SMILES string of the molecule is CC(=O)N(CCC(=O)Nc1cc(Cl)cc(Cl)c1)Cc1ccncc1. The Morgan fingerprint density at radius 3 is 2.33 bits per heavy atom. The molecule has 126 valence electrons. The largest absolute Gasteiger partial charge is 0.338 e. The second kappa shape index (κ2) is 8.66. The third-order valence-corrected chi connectivity index (χ3v) is 3.76. The van der Waals surface area contributed by atoms with Gasteiger partial charge >= 0.3 is 0 Å². The zero-order valence-electron chi connectivity index (χ0n) is 13.1. The number of nitrogens with one attached hydrogen (secondary N) is 1. The molecule has 1 aromatic heterocycles. The van der Waals surface area contributed by atoms with Crippen LogP contribution in [0.15, 0.2) is 42.7 Å². The zero-order chi connectivity index (χ0) is 17.5. The van der Waals surface area contributed by atoms with Crippen molar-refractivity contribution in [3.05, 3.63) is 58.3 Å². The molecule has 1 N–H and O–H groups in total. The van der Waals surface area contributed by atoms with Gasteiger partial charge in [0.1, 0.15) is 0 Å². The van der Waals surface area contributed by atoms with E-state index >= 15 is 0 Å². The summed E-state index contributed by atoms with van der Waals surface area (Å²) in [6.45, 7) is 2.24. The number of hydrogen-bond acceptors (Lipinski definition) is 3. The number of anilines is 1. The first-order valence-electron chi connectivity index (χ1n) is 7.34. The van der Waals surface area contributed by atoms with Crippen LogP contribution in [0.2, 0.25) is 10.0 Å². The smallest absolute Gasteiger partial charge is 0.226 e. The van der Waals surface area contributed by atoms with Crippen LogP contribution in [-0.2, 0) is 16.1 Å². The van der Waals surface area contributed by atoms with Crippen molar-refractivity contribution >= 4 is 40.7 Å². The fourth-order valence-electron chi connectivity index (χ4n) is 2.14. The summed E-state index contributed by atoms with van der Waals surface area (Å²) in [5.41, 5.74) is 1.49. The average Bonchev–Trinajstić information content (AvgIpc) is 2.51. The van der Waals surface area contributed by atoms with Crippen LogP contribution in [-0.4, -0.2) is 28.2 Å². The number of aromatic nitrogens is 1. The van der Waals surface area contributed by atoms with E-state index in [1.54, 1.807) is 35.5 Å². The van der Waals surface area contributed by atoms with Gasteiger partial charge in [-0.2, -0.15) is 0 Å². The Morgan fingerprint density at radius 1 is 1.12 bits per heavy atom. The monoisotopic (exact) mass is 365 g/mol. The normalized spacial score (nSPS) is 10.3. The van der Waals surface area contributed by atoms with Gasteiger partial charge in [-0.15, -0.1) is 0 Å². The van der Waals surface area contributed by atoms with E-state index < -0.39 is 0 Å². The van der Waals surface area contributed by atoms with Crippen molar-refractivity contribution in [3.8, 4) is 0 Å². The van der Waals surface area contributed by atoms with Crippen LogP contribution in [0.5, 0.6) is 0 Å². The van der Waals surface area contributed by atoms with E-state index in [9.17, 15) is 9.59 Å². The van der Waals surface area contributed by atoms with Crippen LogP contribution >= 0.6 is 23.2 Å². The number of rotatable bonds is 6. The van der Waals surface area contributed by atoms with E-state index in [1.165, 1.54) is 6.92 Å². The maximum Gasteiger partial charge on any atom is 0.226 e. The van der Waals surface area contributed by atoms with Gasteiger partial charge in [-0.1, -0.05) is 23.2 Å². The number of halogens is 2. The van der Waals surface area contributed by atoms with Gasteiger partial charge in [0.05, 0.1) is 0 Å². The molecule has 2 rings (SSSR count). The molecule has 5 nitrogen and oxygen atoms in total. The highest BCUT2D eigenvalue weighted by Crippen LogP contribution is 2.22. The maximum atomic E-state index is 12.1.